The summed E-state index contributed by atoms with van der Waals surface area (Å²) in [6.45, 7) is 6.70. The Hall–Kier alpha value is -12.0. The van der Waals surface area contributed by atoms with Gasteiger partial charge in [-0.1, -0.05) is 275 Å². The van der Waals surface area contributed by atoms with E-state index in [0.29, 0.717) is 11.5 Å². The molecule has 0 saturated heterocycles. The van der Waals surface area contributed by atoms with Crippen LogP contribution in [0, 0.1) is 18.5 Å². The zero-order valence-corrected chi connectivity index (χ0v) is 57.4. The van der Waals surface area contributed by atoms with Crippen LogP contribution < -0.4 is 9.30 Å². The van der Waals surface area contributed by atoms with Gasteiger partial charge in [0.2, 0.25) is 0 Å². The Balaban J connectivity index is 0.00000720. The fourth-order valence-electron chi connectivity index (χ4n) is 15.5. The molecule has 0 N–H and O–H groups in total. The molecule has 0 saturated carbocycles. The normalized spacial score (nSPS) is 11.9. The molecule has 0 spiro atoms. The quantitative estimate of drug-likeness (QED) is 0.112. The zero-order valence-electron chi connectivity index (χ0n) is 55.1. The van der Waals surface area contributed by atoms with E-state index in [1.165, 1.54) is 83.5 Å². The number of rotatable bonds is 8. The van der Waals surface area contributed by atoms with Gasteiger partial charge in [0.1, 0.15) is 5.82 Å². The van der Waals surface area contributed by atoms with Crippen LogP contribution in [0.3, 0.4) is 0 Å². The number of ether oxygens (including phenoxy) is 1. The third-order valence-electron chi connectivity index (χ3n) is 20.2. The van der Waals surface area contributed by atoms with Crippen molar-refractivity contribution in [3.8, 4) is 151 Å². The number of fused-ring (bicyclic) bond motifs is 20. The molecule has 0 unspecified atom stereocenters. The number of benzene rings is 14. The van der Waals surface area contributed by atoms with Crippen LogP contribution in [0.1, 0.15) is 26.3 Å². The topological polar surface area (TPSA) is 35.9 Å². The Kier molecular flexibility index (Phi) is 14.6. The molecule has 17 aromatic rings. The molecular formula is C94H62N4OPt-2. The summed E-state index contributed by atoms with van der Waals surface area (Å²) in [6, 6.07) is 122. The van der Waals surface area contributed by atoms with E-state index >= 15 is 0 Å². The van der Waals surface area contributed by atoms with Crippen molar-refractivity contribution in [3.05, 3.63) is 346 Å². The van der Waals surface area contributed by atoms with Gasteiger partial charge >= 0.3 is 0 Å². The molecule has 476 valence electrons. The second-order valence-electron chi connectivity index (χ2n) is 26.9. The Bertz CT molecular complexity index is 5930. The molecule has 0 fully saturated rings. The van der Waals surface area contributed by atoms with E-state index in [4.69, 9.17) is 9.72 Å². The smallest absolute Gasteiger partial charge is 0.268 e. The molecule has 100 heavy (non-hydrogen) atoms. The molecule has 0 bridgehead atoms. The molecule has 0 amide bonds. The monoisotopic (exact) mass is 1460 g/mol. The predicted molar refractivity (Wildman–Crippen MR) is 406 cm³/mol. The standard InChI is InChI=1S/C94H62N4O.Pt/c1-94(2,3)64-51-52-95-92(56-64)98-88-42-20-19-39-84(88)85-49-46-67(58-90(85)98)99-66-26-21-25-65(57-66)96-59-97(89-50-45-61(55-91(89)96)60-23-5-4-6-24-60)93-68(62-43-47-82-78-35-13-11-31-74(78)70-27-7-9-29-72(70)76-33-15-17-37-80(76)86(82)53-62)40-22-41-69(93)63-44-48-83-79-36-14-12-32-75(79)71-28-8-10-30-73(71)77-34-16-18-38-81(77)87(83)54-63;/h4-56H,1-3H3;/q-2;. The van der Waals surface area contributed by atoms with Crippen LogP contribution in [0.15, 0.2) is 322 Å². The number of para-hydroxylation sites is 2. The minimum Gasteiger partial charge on any atom is -0.510 e. The van der Waals surface area contributed by atoms with Crippen molar-refractivity contribution in [2.75, 3.05) is 0 Å². The van der Waals surface area contributed by atoms with Gasteiger partial charge in [0.15, 0.2) is 0 Å². The van der Waals surface area contributed by atoms with Crippen molar-refractivity contribution in [2.24, 2.45) is 0 Å². The zero-order chi connectivity index (χ0) is 65.9. The molecule has 2 aliphatic rings. The van der Waals surface area contributed by atoms with Crippen molar-refractivity contribution in [2.45, 2.75) is 26.2 Å². The second kappa shape index (κ2) is 24.2. The maximum absolute atomic E-state index is 6.94. The second-order valence-corrected chi connectivity index (χ2v) is 26.9. The van der Waals surface area contributed by atoms with E-state index in [9.17, 15) is 0 Å². The van der Waals surface area contributed by atoms with Crippen LogP contribution in [-0.4, -0.2) is 14.1 Å². The third-order valence-corrected chi connectivity index (χ3v) is 20.2. The van der Waals surface area contributed by atoms with E-state index in [1.807, 2.05) is 24.4 Å². The molecule has 3 aromatic heterocycles. The van der Waals surface area contributed by atoms with E-state index in [1.54, 1.807) is 0 Å². The van der Waals surface area contributed by atoms with Crippen LogP contribution in [0.4, 0.5) is 0 Å². The van der Waals surface area contributed by atoms with Gasteiger partial charge in [-0.05, 0) is 181 Å². The van der Waals surface area contributed by atoms with Crippen molar-refractivity contribution in [1.82, 2.24) is 14.1 Å². The van der Waals surface area contributed by atoms with Crippen molar-refractivity contribution >= 4 is 32.8 Å². The first-order valence-corrected chi connectivity index (χ1v) is 33.9. The summed E-state index contributed by atoms with van der Waals surface area (Å²) in [4.78, 5) is 4.95. The van der Waals surface area contributed by atoms with Crippen LogP contribution in [-0.2, 0) is 26.5 Å². The molecule has 19 rings (SSSR count). The summed E-state index contributed by atoms with van der Waals surface area (Å²) in [5.41, 5.74) is 32.3. The first-order chi connectivity index (χ1) is 48.7. The summed E-state index contributed by atoms with van der Waals surface area (Å²) in [7, 11) is 0. The molecule has 0 radical (unpaired) electrons. The van der Waals surface area contributed by atoms with Gasteiger partial charge in [-0.15, -0.1) is 29.7 Å². The fourth-order valence-corrected chi connectivity index (χ4v) is 15.5. The molecule has 2 aliphatic carbocycles. The first-order valence-electron chi connectivity index (χ1n) is 33.9. The average Bonchev–Trinajstić information content (AvgIpc) is 1.32. The van der Waals surface area contributed by atoms with Crippen LogP contribution in [0.5, 0.6) is 11.5 Å². The van der Waals surface area contributed by atoms with Crippen LogP contribution in [0.2, 0.25) is 0 Å². The van der Waals surface area contributed by atoms with Gasteiger partial charge in [0, 0.05) is 44.3 Å². The van der Waals surface area contributed by atoms with Crippen molar-refractivity contribution < 1.29 is 30.4 Å². The SMILES string of the molecule is CC(C)(C)c1ccnc(-n2c3[c-]c(Oc4[c-]c(-n5[c-][n+](-c6c(-c7ccc8c(c7)-c7ccccc7-c7ccccc7-c7ccccc7-8)cccc6-c6ccc7c(c6)-c6ccccc6-c6ccccc6-c6ccccc6-7)c6ccc(-c7ccccc7)cc65)ccc4)ccc3c3ccccc32)c1.[Pt]. The van der Waals surface area contributed by atoms with Gasteiger partial charge < -0.3 is 13.9 Å². The minimum atomic E-state index is -0.0703. The van der Waals surface area contributed by atoms with Crippen LogP contribution in [0.25, 0.3) is 172 Å². The van der Waals surface area contributed by atoms with Gasteiger partial charge in [0.05, 0.1) is 16.7 Å². The summed E-state index contributed by atoms with van der Waals surface area (Å²) < 4.78 is 13.6. The predicted octanol–water partition coefficient (Wildman–Crippen LogP) is 23.9. The number of hydrogen-bond donors (Lipinski definition) is 0. The molecule has 14 aromatic carbocycles. The van der Waals surface area contributed by atoms with Gasteiger partial charge in [-0.2, -0.15) is 18.2 Å². The molecular weight excluding hydrogens is 1400 g/mol. The Morgan fingerprint density at radius 2 is 0.790 bits per heavy atom. The molecule has 0 atom stereocenters. The minimum absolute atomic E-state index is 0. The van der Waals surface area contributed by atoms with Gasteiger partial charge in [0.25, 0.3) is 6.33 Å². The number of pyridine rings is 1. The van der Waals surface area contributed by atoms with E-state index in [0.717, 1.165) is 94.5 Å². The Morgan fingerprint density at radius 3 is 1.32 bits per heavy atom. The van der Waals surface area contributed by atoms with E-state index in [-0.39, 0.29) is 26.5 Å². The molecule has 0 aliphatic heterocycles. The van der Waals surface area contributed by atoms with Crippen molar-refractivity contribution in [1.29, 1.82) is 0 Å². The van der Waals surface area contributed by atoms with Crippen molar-refractivity contribution in [3.63, 3.8) is 0 Å². The summed E-state index contributed by atoms with van der Waals surface area (Å²) in [6.07, 6.45) is 5.97. The number of hydrogen-bond acceptors (Lipinski definition) is 2. The summed E-state index contributed by atoms with van der Waals surface area (Å²) >= 11 is 0. The number of aromatic nitrogens is 4. The number of nitrogens with zero attached hydrogens (tertiary/aromatic N) is 4. The summed E-state index contributed by atoms with van der Waals surface area (Å²) in [5.74, 6) is 1.93. The molecule has 6 heteroatoms. The molecule has 5 nitrogen and oxygen atoms in total. The van der Waals surface area contributed by atoms with Crippen LogP contribution >= 0.6 is 0 Å². The van der Waals surface area contributed by atoms with E-state index in [2.05, 4.69) is 350 Å². The summed E-state index contributed by atoms with van der Waals surface area (Å²) in [5, 5.41) is 2.18. The maximum Gasteiger partial charge on any atom is 0.268 e. The Labute approximate surface area is 596 Å². The maximum atomic E-state index is 6.94. The average molecular weight is 1460 g/mol. The molecule has 3 heterocycles. The largest absolute Gasteiger partial charge is 0.510 e. The Morgan fingerprint density at radius 1 is 0.340 bits per heavy atom. The van der Waals surface area contributed by atoms with E-state index < -0.39 is 0 Å². The van der Waals surface area contributed by atoms with Gasteiger partial charge in [-0.3, -0.25) is 4.57 Å². The number of imidazole rings is 1. The third kappa shape index (κ3) is 10.0. The fraction of sp³-hybridized carbons (Fsp3) is 0.0426. The van der Waals surface area contributed by atoms with Gasteiger partial charge in [-0.25, -0.2) is 4.98 Å². The first kappa shape index (κ1) is 60.4.